The molecule has 0 fully saturated rings. The Morgan fingerprint density at radius 2 is 2.20 bits per heavy atom. The van der Waals surface area contributed by atoms with Gasteiger partial charge >= 0.3 is 0 Å². The van der Waals surface area contributed by atoms with E-state index < -0.39 is 10.0 Å². The monoisotopic (exact) mass is 313 g/mol. The van der Waals surface area contributed by atoms with Crippen molar-refractivity contribution in [2.45, 2.75) is 18.2 Å². The van der Waals surface area contributed by atoms with Gasteiger partial charge in [-0.3, -0.25) is 0 Å². The van der Waals surface area contributed by atoms with E-state index >= 15 is 0 Å². The molecule has 0 aromatic heterocycles. The first-order valence-corrected chi connectivity index (χ1v) is 8.92. The van der Waals surface area contributed by atoms with Crippen molar-refractivity contribution in [1.82, 2.24) is 4.31 Å². The molecule has 0 atom stereocenters. The molecule has 0 aliphatic carbocycles. The van der Waals surface area contributed by atoms with Crippen molar-refractivity contribution in [2.24, 2.45) is 0 Å². The predicted octanol–water partition coefficient (Wildman–Crippen LogP) is 1.93. The molecule has 0 unspecified atom stereocenters. The van der Waals surface area contributed by atoms with E-state index in [-0.39, 0.29) is 18.7 Å². The molecule has 1 aromatic carbocycles. The molecule has 1 rings (SSSR count). The summed E-state index contributed by atoms with van der Waals surface area (Å²) in [6.07, 6.45) is 0.218. The van der Waals surface area contributed by atoms with Crippen LogP contribution in [0.15, 0.2) is 29.2 Å². The summed E-state index contributed by atoms with van der Waals surface area (Å²) in [5, 5.41) is 8.54. The van der Waals surface area contributed by atoms with Gasteiger partial charge < -0.3 is 5.73 Å². The van der Waals surface area contributed by atoms with E-state index in [2.05, 4.69) is 0 Å². The van der Waals surface area contributed by atoms with Crippen molar-refractivity contribution in [3.05, 3.63) is 24.3 Å². The Balaban J connectivity index is 2.52. The van der Waals surface area contributed by atoms with Gasteiger partial charge in [0.25, 0.3) is 0 Å². The number of nitrogen functional groups attached to an aromatic ring is 1. The smallest absolute Gasteiger partial charge is 0.214 e. The lowest BCUT2D eigenvalue weighted by molar-refractivity contribution is 0.436. The largest absolute Gasteiger partial charge is 0.399 e. The van der Waals surface area contributed by atoms with Gasteiger partial charge in [-0.15, -0.1) is 11.8 Å². The number of benzene rings is 1. The number of hydrogen-bond acceptors (Lipinski definition) is 5. The molecule has 0 radical (unpaired) electrons. The highest BCUT2D eigenvalue weighted by Crippen LogP contribution is 2.20. The fraction of sp³-hybridized carbons (Fsp3) is 0.462. The summed E-state index contributed by atoms with van der Waals surface area (Å²) < 4.78 is 25.6. The van der Waals surface area contributed by atoms with Crippen molar-refractivity contribution >= 4 is 27.5 Å². The first-order valence-electron chi connectivity index (χ1n) is 6.32. The Kier molecular flexibility index (Phi) is 6.85. The van der Waals surface area contributed by atoms with E-state index in [0.717, 1.165) is 4.90 Å². The fourth-order valence-electron chi connectivity index (χ4n) is 1.67. The molecule has 7 heteroatoms. The van der Waals surface area contributed by atoms with Gasteiger partial charge in [0.15, 0.2) is 0 Å². The minimum absolute atomic E-state index is 0.0612. The predicted molar refractivity (Wildman–Crippen MR) is 82.8 cm³/mol. The maximum atomic E-state index is 12.1. The second kappa shape index (κ2) is 8.15. The van der Waals surface area contributed by atoms with E-state index in [9.17, 15) is 8.42 Å². The summed E-state index contributed by atoms with van der Waals surface area (Å²) in [6.45, 7) is 2.44. The van der Waals surface area contributed by atoms with Crippen LogP contribution in [0, 0.1) is 11.3 Å². The van der Waals surface area contributed by atoms with Gasteiger partial charge in [0.05, 0.1) is 11.8 Å². The first-order chi connectivity index (χ1) is 9.49. The summed E-state index contributed by atoms with van der Waals surface area (Å²) in [5.41, 5.74) is 6.34. The lowest BCUT2D eigenvalue weighted by atomic mass is 10.3. The molecule has 0 heterocycles. The number of nitrogens with two attached hydrogens (primary N) is 1. The molecular weight excluding hydrogens is 294 g/mol. The molecule has 0 aliphatic heterocycles. The summed E-state index contributed by atoms with van der Waals surface area (Å²) >= 11 is 1.46. The average Bonchev–Trinajstić information content (AvgIpc) is 2.39. The summed E-state index contributed by atoms with van der Waals surface area (Å²) in [4.78, 5) is 0.959. The molecule has 1 aromatic rings. The van der Waals surface area contributed by atoms with Crippen LogP contribution >= 0.6 is 11.8 Å². The molecule has 0 bridgehead atoms. The molecule has 110 valence electrons. The van der Waals surface area contributed by atoms with E-state index in [1.165, 1.54) is 16.1 Å². The van der Waals surface area contributed by atoms with Crippen molar-refractivity contribution in [3.8, 4) is 6.07 Å². The normalized spacial score (nSPS) is 11.4. The molecule has 0 saturated heterocycles. The Hall–Kier alpha value is -1.23. The van der Waals surface area contributed by atoms with E-state index in [1.807, 2.05) is 24.3 Å². The summed E-state index contributed by atoms with van der Waals surface area (Å²) in [6, 6.07) is 9.33. The number of thioether (sulfide) groups is 1. The van der Waals surface area contributed by atoms with E-state index in [4.69, 9.17) is 11.0 Å². The zero-order chi connectivity index (χ0) is 15.0. The SMILES string of the molecule is CCN(CCC#N)S(=O)(=O)CCSc1cccc(N)c1. The van der Waals surface area contributed by atoms with Gasteiger partial charge in [-0.25, -0.2) is 12.7 Å². The molecule has 0 aliphatic rings. The standard InChI is InChI=1S/C13H19N3O2S2/c1-2-16(8-4-7-14)20(17,18)10-9-19-13-6-3-5-12(15)11-13/h3,5-6,11H,2,4,8-10,15H2,1H3. The van der Waals surface area contributed by atoms with Crippen LogP contribution in [0.3, 0.4) is 0 Å². The van der Waals surface area contributed by atoms with Crippen molar-refractivity contribution in [3.63, 3.8) is 0 Å². The number of rotatable bonds is 8. The van der Waals surface area contributed by atoms with Crippen molar-refractivity contribution in [2.75, 3.05) is 30.3 Å². The van der Waals surface area contributed by atoms with Crippen LogP contribution in [-0.2, 0) is 10.0 Å². The highest BCUT2D eigenvalue weighted by molar-refractivity contribution is 8.00. The van der Waals surface area contributed by atoms with Crippen LogP contribution in [0.1, 0.15) is 13.3 Å². The lowest BCUT2D eigenvalue weighted by Crippen LogP contribution is -2.34. The van der Waals surface area contributed by atoms with Gasteiger partial charge in [-0.2, -0.15) is 5.26 Å². The number of anilines is 1. The number of sulfonamides is 1. The molecule has 0 amide bonds. The van der Waals surface area contributed by atoms with Crippen LogP contribution in [0.25, 0.3) is 0 Å². The highest BCUT2D eigenvalue weighted by Gasteiger charge is 2.19. The molecule has 5 nitrogen and oxygen atoms in total. The van der Waals surface area contributed by atoms with Crippen LogP contribution in [0.4, 0.5) is 5.69 Å². The van der Waals surface area contributed by atoms with E-state index in [1.54, 1.807) is 13.0 Å². The second-order valence-electron chi connectivity index (χ2n) is 4.14. The van der Waals surface area contributed by atoms with Crippen LogP contribution in [0.2, 0.25) is 0 Å². The zero-order valence-corrected chi connectivity index (χ0v) is 13.1. The van der Waals surface area contributed by atoms with Crippen LogP contribution in [0.5, 0.6) is 0 Å². The summed E-state index contributed by atoms with van der Waals surface area (Å²) in [7, 11) is -3.29. The van der Waals surface area contributed by atoms with Crippen LogP contribution in [-0.4, -0.2) is 37.3 Å². The quantitative estimate of drug-likeness (QED) is 0.585. The van der Waals surface area contributed by atoms with Gasteiger partial charge in [0.2, 0.25) is 10.0 Å². The van der Waals surface area contributed by atoms with Gasteiger partial charge in [-0.1, -0.05) is 13.0 Å². The maximum absolute atomic E-state index is 12.1. The van der Waals surface area contributed by atoms with Crippen molar-refractivity contribution in [1.29, 1.82) is 5.26 Å². The topological polar surface area (TPSA) is 87.2 Å². The third-order valence-electron chi connectivity index (χ3n) is 2.69. The van der Waals surface area contributed by atoms with Gasteiger partial charge in [0.1, 0.15) is 0 Å². The molecule has 20 heavy (non-hydrogen) atoms. The van der Waals surface area contributed by atoms with E-state index in [0.29, 0.717) is 18.0 Å². The Bertz CT molecular complexity index is 567. The minimum Gasteiger partial charge on any atom is -0.399 e. The zero-order valence-electron chi connectivity index (χ0n) is 11.4. The number of nitriles is 1. The molecule has 0 saturated carbocycles. The Morgan fingerprint density at radius 1 is 1.45 bits per heavy atom. The molecule has 0 spiro atoms. The molecule has 2 N–H and O–H groups in total. The van der Waals surface area contributed by atoms with Crippen LogP contribution < -0.4 is 5.73 Å². The number of hydrogen-bond donors (Lipinski definition) is 1. The maximum Gasteiger partial charge on any atom is 0.214 e. The third kappa shape index (κ3) is 5.41. The second-order valence-corrected chi connectivity index (χ2v) is 7.39. The minimum atomic E-state index is -3.29. The van der Waals surface area contributed by atoms with Gasteiger partial charge in [-0.05, 0) is 18.2 Å². The lowest BCUT2D eigenvalue weighted by Gasteiger charge is -2.18. The Labute approximate surface area is 124 Å². The Morgan fingerprint density at radius 3 is 2.80 bits per heavy atom. The third-order valence-corrected chi connectivity index (χ3v) is 5.89. The highest BCUT2D eigenvalue weighted by atomic mass is 32.2. The average molecular weight is 313 g/mol. The molecular formula is C13H19N3O2S2. The summed E-state index contributed by atoms with van der Waals surface area (Å²) in [5.74, 6) is 0.528. The van der Waals surface area contributed by atoms with Crippen molar-refractivity contribution < 1.29 is 8.42 Å². The first kappa shape index (κ1) is 16.8. The van der Waals surface area contributed by atoms with Gasteiger partial charge in [0, 0.05) is 35.8 Å². The number of nitrogens with zero attached hydrogens (tertiary/aromatic N) is 2. The fourth-order valence-corrected chi connectivity index (χ4v) is 4.49.